The van der Waals surface area contributed by atoms with Crippen LogP contribution in [0.2, 0.25) is 0 Å². The predicted octanol–water partition coefficient (Wildman–Crippen LogP) is 0.537. The van der Waals surface area contributed by atoms with Crippen molar-refractivity contribution in [3.8, 4) is 0 Å². The molecule has 0 aliphatic carbocycles. The van der Waals surface area contributed by atoms with Crippen LogP contribution in [0.5, 0.6) is 0 Å². The molecule has 0 bridgehead atoms. The van der Waals surface area contributed by atoms with E-state index >= 15 is 0 Å². The van der Waals surface area contributed by atoms with Crippen molar-refractivity contribution in [3.05, 3.63) is 24.3 Å². The highest BCUT2D eigenvalue weighted by molar-refractivity contribution is 7.91. The summed E-state index contributed by atoms with van der Waals surface area (Å²) >= 11 is 0.962. The molecule has 19 heavy (non-hydrogen) atoms. The molecule has 2 aromatic rings. The number of carbonyl (C=O) groups excluding carboxylic acids is 2. The van der Waals surface area contributed by atoms with E-state index < -0.39 is 28.5 Å². The zero-order valence-electron chi connectivity index (χ0n) is 9.36. The first-order valence-corrected chi connectivity index (χ1v) is 7.46. The standard InChI is InChI=1S/C10H7N3O4S2/c14-8-5-13(9(15)12-8)19(16,17)10-11-6-3-1-2-4-7(6)18-10/h1-4H,5H2,(H,12,14,15). The summed E-state index contributed by atoms with van der Waals surface area (Å²) in [6, 6.07) is 5.98. The van der Waals surface area contributed by atoms with Crippen molar-refractivity contribution in [1.82, 2.24) is 14.6 Å². The number of carbonyl (C=O) groups is 2. The Labute approximate surface area is 111 Å². The zero-order valence-corrected chi connectivity index (χ0v) is 11.0. The van der Waals surface area contributed by atoms with Gasteiger partial charge in [0.05, 0.1) is 10.2 Å². The van der Waals surface area contributed by atoms with Crippen LogP contribution in [0, 0.1) is 0 Å². The maximum atomic E-state index is 12.2. The first kappa shape index (κ1) is 12.1. The van der Waals surface area contributed by atoms with Crippen molar-refractivity contribution in [1.29, 1.82) is 0 Å². The van der Waals surface area contributed by atoms with Gasteiger partial charge in [0, 0.05) is 0 Å². The number of sulfonamides is 1. The molecular formula is C10H7N3O4S2. The first-order chi connectivity index (χ1) is 8.98. The lowest BCUT2D eigenvalue weighted by atomic mass is 10.3. The fourth-order valence-corrected chi connectivity index (χ4v) is 4.28. The molecule has 1 aliphatic heterocycles. The number of aromatic nitrogens is 1. The Bertz CT molecular complexity index is 763. The zero-order chi connectivity index (χ0) is 13.6. The number of hydrogen-bond acceptors (Lipinski definition) is 6. The van der Waals surface area contributed by atoms with Crippen LogP contribution in [-0.4, -0.2) is 36.2 Å². The third-order valence-corrected chi connectivity index (χ3v) is 5.67. The molecule has 1 aromatic carbocycles. The molecule has 0 saturated carbocycles. The minimum absolute atomic E-state index is 0.196. The van der Waals surface area contributed by atoms with Crippen LogP contribution >= 0.6 is 11.3 Å². The van der Waals surface area contributed by atoms with Crippen molar-refractivity contribution in [3.63, 3.8) is 0 Å². The minimum atomic E-state index is -4.07. The molecule has 2 heterocycles. The molecule has 0 spiro atoms. The summed E-state index contributed by atoms with van der Waals surface area (Å²) in [6.45, 7) is -0.503. The van der Waals surface area contributed by atoms with E-state index in [9.17, 15) is 18.0 Å². The largest absolute Gasteiger partial charge is 0.338 e. The van der Waals surface area contributed by atoms with Crippen molar-refractivity contribution in [2.75, 3.05) is 6.54 Å². The Kier molecular flexibility index (Phi) is 2.54. The van der Waals surface area contributed by atoms with Gasteiger partial charge in [-0.05, 0) is 12.1 Å². The minimum Gasteiger partial charge on any atom is -0.275 e. The Morgan fingerprint density at radius 2 is 2.00 bits per heavy atom. The van der Waals surface area contributed by atoms with Crippen LogP contribution in [0.1, 0.15) is 0 Å². The van der Waals surface area contributed by atoms with Crippen LogP contribution in [0.3, 0.4) is 0 Å². The van der Waals surface area contributed by atoms with Crippen molar-refractivity contribution in [2.45, 2.75) is 4.34 Å². The molecule has 1 aliphatic rings. The Morgan fingerprint density at radius 1 is 1.26 bits per heavy atom. The Hall–Kier alpha value is -2.00. The molecule has 0 unspecified atom stereocenters. The number of fused-ring (bicyclic) bond motifs is 1. The molecule has 0 atom stereocenters. The van der Waals surface area contributed by atoms with Gasteiger partial charge in [-0.2, -0.15) is 8.42 Å². The van der Waals surface area contributed by atoms with E-state index in [2.05, 4.69) is 4.98 Å². The summed E-state index contributed by atoms with van der Waals surface area (Å²) in [5.41, 5.74) is 0.539. The third kappa shape index (κ3) is 1.87. The number of thiazole rings is 1. The normalized spacial score (nSPS) is 16.1. The number of imide groups is 1. The molecule has 1 aromatic heterocycles. The topological polar surface area (TPSA) is 96.4 Å². The second-order valence-corrected chi connectivity index (χ2v) is 6.88. The van der Waals surface area contributed by atoms with Gasteiger partial charge in [-0.1, -0.05) is 12.1 Å². The van der Waals surface area contributed by atoms with E-state index in [0.29, 0.717) is 14.5 Å². The van der Waals surface area contributed by atoms with Crippen molar-refractivity contribution in [2.24, 2.45) is 0 Å². The Balaban J connectivity index is 2.09. The van der Waals surface area contributed by atoms with Gasteiger partial charge in [-0.3, -0.25) is 10.1 Å². The van der Waals surface area contributed by atoms with Crippen LogP contribution < -0.4 is 5.32 Å². The fraction of sp³-hybridized carbons (Fsp3) is 0.100. The number of nitrogens with zero attached hydrogens (tertiary/aromatic N) is 2. The molecule has 98 valence electrons. The van der Waals surface area contributed by atoms with Gasteiger partial charge in [-0.15, -0.1) is 11.3 Å². The second-order valence-electron chi connectivity index (χ2n) is 3.81. The second kappa shape index (κ2) is 4.00. The van der Waals surface area contributed by atoms with Gasteiger partial charge >= 0.3 is 6.03 Å². The van der Waals surface area contributed by atoms with E-state index in [0.717, 1.165) is 11.3 Å². The maximum absolute atomic E-state index is 12.2. The average Bonchev–Trinajstić information content (AvgIpc) is 2.92. The third-order valence-electron chi connectivity index (χ3n) is 2.55. The van der Waals surface area contributed by atoms with Crippen molar-refractivity contribution >= 4 is 43.5 Å². The van der Waals surface area contributed by atoms with E-state index in [1.807, 2.05) is 5.32 Å². The van der Waals surface area contributed by atoms with Gasteiger partial charge in [0.1, 0.15) is 6.54 Å². The molecule has 1 fully saturated rings. The molecule has 3 rings (SSSR count). The fourth-order valence-electron chi connectivity index (χ4n) is 1.67. The highest BCUT2D eigenvalue weighted by Crippen LogP contribution is 2.27. The quantitative estimate of drug-likeness (QED) is 0.816. The van der Waals surface area contributed by atoms with Crippen LogP contribution in [0.4, 0.5) is 4.79 Å². The van der Waals surface area contributed by atoms with Crippen LogP contribution in [0.25, 0.3) is 10.2 Å². The monoisotopic (exact) mass is 297 g/mol. The molecular weight excluding hydrogens is 290 g/mol. The number of benzene rings is 1. The molecule has 3 amide bonds. The van der Waals surface area contributed by atoms with Gasteiger partial charge in [0.2, 0.25) is 10.2 Å². The van der Waals surface area contributed by atoms with Gasteiger partial charge in [0.15, 0.2) is 0 Å². The number of hydrogen-bond donors (Lipinski definition) is 1. The van der Waals surface area contributed by atoms with Crippen LogP contribution in [0.15, 0.2) is 28.6 Å². The smallest absolute Gasteiger partial charge is 0.275 e. The van der Waals surface area contributed by atoms with E-state index in [-0.39, 0.29) is 4.34 Å². The van der Waals surface area contributed by atoms with Crippen LogP contribution in [-0.2, 0) is 14.8 Å². The highest BCUT2D eigenvalue weighted by atomic mass is 32.2. The van der Waals surface area contributed by atoms with E-state index in [4.69, 9.17) is 0 Å². The summed E-state index contributed by atoms with van der Waals surface area (Å²) in [7, 11) is -4.07. The predicted molar refractivity (Wildman–Crippen MR) is 67.1 cm³/mol. The average molecular weight is 297 g/mol. The van der Waals surface area contributed by atoms with E-state index in [1.54, 1.807) is 24.3 Å². The highest BCUT2D eigenvalue weighted by Gasteiger charge is 2.39. The summed E-state index contributed by atoms with van der Waals surface area (Å²) < 4.78 is 25.4. The number of nitrogens with one attached hydrogen (secondary N) is 1. The molecule has 0 radical (unpaired) electrons. The van der Waals surface area contributed by atoms with Gasteiger partial charge < -0.3 is 0 Å². The number of para-hydroxylation sites is 1. The van der Waals surface area contributed by atoms with Gasteiger partial charge in [0.25, 0.3) is 10.0 Å². The first-order valence-electron chi connectivity index (χ1n) is 5.20. The summed E-state index contributed by atoms with van der Waals surface area (Å²) in [4.78, 5) is 26.5. The molecule has 1 saturated heterocycles. The SMILES string of the molecule is O=C1CN(S(=O)(=O)c2nc3ccccc3s2)C(=O)N1. The number of urea groups is 1. The molecule has 7 nitrogen and oxygen atoms in total. The maximum Gasteiger partial charge on any atom is 0.338 e. The summed E-state index contributed by atoms with van der Waals surface area (Å²) in [5, 5.41) is 1.92. The lowest BCUT2D eigenvalue weighted by Crippen LogP contribution is -2.34. The summed E-state index contributed by atoms with van der Waals surface area (Å²) in [6.07, 6.45) is 0. The number of amides is 3. The Morgan fingerprint density at radius 3 is 2.63 bits per heavy atom. The van der Waals surface area contributed by atoms with E-state index in [1.165, 1.54) is 0 Å². The lowest BCUT2D eigenvalue weighted by molar-refractivity contribution is -0.118. The lowest BCUT2D eigenvalue weighted by Gasteiger charge is -2.10. The molecule has 9 heteroatoms. The van der Waals surface area contributed by atoms with Gasteiger partial charge in [-0.25, -0.2) is 14.1 Å². The van der Waals surface area contributed by atoms with Crippen molar-refractivity contribution < 1.29 is 18.0 Å². The number of rotatable bonds is 2. The molecule has 1 N–H and O–H groups in total. The summed E-state index contributed by atoms with van der Waals surface area (Å²) in [5.74, 6) is -0.644.